The minimum Gasteiger partial charge on any atom is -0.273 e. The van der Waals surface area contributed by atoms with Crippen LogP contribution in [0.25, 0.3) is 0 Å². The van der Waals surface area contributed by atoms with Crippen molar-refractivity contribution >= 4 is 11.6 Å². The molecule has 2 nitrogen and oxygen atoms in total. The topological polar surface area (TPSA) is 17.8 Å². The monoisotopic (exact) mass is 210 g/mol. The Morgan fingerprint density at radius 1 is 1.64 bits per heavy atom. The molecule has 14 heavy (non-hydrogen) atoms. The Kier molecular flexibility index (Phi) is 2.92. The largest absolute Gasteiger partial charge is 0.273 e. The molecule has 0 amide bonds. The minimum atomic E-state index is 0.256. The van der Waals surface area contributed by atoms with E-state index in [1.165, 1.54) is 11.1 Å². The van der Waals surface area contributed by atoms with Crippen molar-refractivity contribution in [1.29, 1.82) is 0 Å². The van der Waals surface area contributed by atoms with Crippen LogP contribution in [0.15, 0.2) is 24.0 Å². The second-order valence-corrected chi connectivity index (χ2v) is 4.32. The lowest BCUT2D eigenvalue weighted by Gasteiger charge is -1.97. The van der Waals surface area contributed by atoms with Gasteiger partial charge in [0.15, 0.2) is 0 Å². The third kappa shape index (κ3) is 2.18. The first kappa shape index (κ1) is 9.78. The van der Waals surface area contributed by atoms with E-state index in [0.29, 0.717) is 0 Å². The molecule has 1 aromatic heterocycles. The van der Waals surface area contributed by atoms with Gasteiger partial charge in [0.05, 0.1) is 11.6 Å². The van der Waals surface area contributed by atoms with Gasteiger partial charge in [0.1, 0.15) is 0 Å². The third-order valence-corrected chi connectivity index (χ3v) is 2.94. The number of hydrogen-bond acceptors (Lipinski definition) is 1. The molecule has 0 aliphatic heterocycles. The standard InChI is InChI=1S/C11H15ClN2/c1-2-14-8-10(7-13-14)5-9-3-4-11(12)6-9/h6-8,11H,2-5H2,1H3. The summed E-state index contributed by atoms with van der Waals surface area (Å²) in [7, 11) is 0. The molecular weight excluding hydrogens is 196 g/mol. The Morgan fingerprint density at radius 3 is 3.07 bits per heavy atom. The average Bonchev–Trinajstić information content (AvgIpc) is 2.76. The van der Waals surface area contributed by atoms with Crippen molar-refractivity contribution in [3.05, 3.63) is 29.6 Å². The van der Waals surface area contributed by atoms with Gasteiger partial charge in [0.2, 0.25) is 0 Å². The average molecular weight is 211 g/mol. The second kappa shape index (κ2) is 4.18. The number of rotatable bonds is 3. The van der Waals surface area contributed by atoms with Crippen LogP contribution in [-0.2, 0) is 13.0 Å². The van der Waals surface area contributed by atoms with E-state index in [4.69, 9.17) is 11.6 Å². The summed E-state index contributed by atoms with van der Waals surface area (Å²) >= 11 is 6.01. The van der Waals surface area contributed by atoms with Crippen LogP contribution in [0.2, 0.25) is 0 Å². The van der Waals surface area contributed by atoms with Gasteiger partial charge in [0, 0.05) is 12.7 Å². The second-order valence-electron chi connectivity index (χ2n) is 3.76. The number of alkyl halides is 1. The summed E-state index contributed by atoms with van der Waals surface area (Å²) in [6.07, 6.45) is 9.51. The van der Waals surface area contributed by atoms with Gasteiger partial charge in [-0.1, -0.05) is 11.6 Å². The van der Waals surface area contributed by atoms with Crippen LogP contribution in [0.5, 0.6) is 0 Å². The molecule has 0 spiro atoms. The summed E-state index contributed by atoms with van der Waals surface area (Å²) in [6.45, 7) is 3.04. The SMILES string of the molecule is CCn1cc(CC2=CC(Cl)CC2)cn1. The van der Waals surface area contributed by atoms with Crippen molar-refractivity contribution in [3.8, 4) is 0 Å². The Labute approximate surface area is 89.6 Å². The molecular formula is C11H15ClN2. The summed E-state index contributed by atoms with van der Waals surface area (Å²) < 4.78 is 1.96. The molecule has 1 aromatic rings. The van der Waals surface area contributed by atoms with Gasteiger partial charge >= 0.3 is 0 Å². The van der Waals surface area contributed by atoms with Crippen molar-refractivity contribution < 1.29 is 0 Å². The molecule has 76 valence electrons. The summed E-state index contributed by atoms with van der Waals surface area (Å²) in [5.41, 5.74) is 2.75. The highest BCUT2D eigenvalue weighted by molar-refractivity contribution is 6.22. The van der Waals surface area contributed by atoms with Crippen LogP contribution >= 0.6 is 11.6 Å². The summed E-state index contributed by atoms with van der Waals surface area (Å²) in [5.74, 6) is 0. The number of aromatic nitrogens is 2. The van der Waals surface area contributed by atoms with Gasteiger partial charge in [-0.25, -0.2) is 0 Å². The van der Waals surface area contributed by atoms with Gasteiger partial charge in [-0.15, -0.1) is 11.6 Å². The third-order valence-electron chi connectivity index (χ3n) is 2.60. The molecule has 0 saturated heterocycles. The molecule has 0 fully saturated rings. The van der Waals surface area contributed by atoms with Gasteiger partial charge < -0.3 is 0 Å². The lowest BCUT2D eigenvalue weighted by atomic mass is 10.1. The first-order chi connectivity index (χ1) is 6.78. The summed E-state index contributed by atoms with van der Waals surface area (Å²) in [5, 5.41) is 4.51. The van der Waals surface area contributed by atoms with Crippen molar-refractivity contribution in [2.75, 3.05) is 0 Å². The minimum absolute atomic E-state index is 0.256. The highest BCUT2D eigenvalue weighted by atomic mass is 35.5. The smallest absolute Gasteiger partial charge is 0.0525 e. The highest BCUT2D eigenvalue weighted by Gasteiger charge is 2.13. The van der Waals surface area contributed by atoms with Gasteiger partial charge in [-0.3, -0.25) is 4.68 Å². The number of allylic oxidation sites excluding steroid dienone is 2. The van der Waals surface area contributed by atoms with Crippen LogP contribution in [0.1, 0.15) is 25.3 Å². The zero-order chi connectivity index (χ0) is 9.97. The van der Waals surface area contributed by atoms with E-state index in [0.717, 1.165) is 25.8 Å². The molecule has 1 heterocycles. The van der Waals surface area contributed by atoms with Crippen molar-refractivity contribution in [2.24, 2.45) is 0 Å². The zero-order valence-corrected chi connectivity index (χ0v) is 9.17. The fourth-order valence-corrected chi connectivity index (χ4v) is 2.11. The van der Waals surface area contributed by atoms with E-state index in [1.807, 2.05) is 10.9 Å². The normalized spacial score (nSPS) is 21.3. The lowest BCUT2D eigenvalue weighted by molar-refractivity contribution is 0.659. The van der Waals surface area contributed by atoms with Gasteiger partial charge in [-0.05, 0) is 31.7 Å². The molecule has 1 unspecified atom stereocenters. The Hall–Kier alpha value is -0.760. The highest BCUT2D eigenvalue weighted by Crippen LogP contribution is 2.25. The lowest BCUT2D eigenvalue weighted by Crippen LogP contribution is -1.92. The molecule has 0 aromatic carbocycles. The number of hydrogen-bond donors (Lipinski definition) is 0. The van der Waals surface area contributed by atoms with Crippen molar-refractivity contribution in [2.45, 2.75) is 38.1 Å². The predicted octanol–water partition coefficient (Wildman–Crippen LogP) is 2.77. The Morgan fingerprint density at radius 2 is 2.50 bits per heavy atom. The Bertz CT molecular complexity index is 341. The maximum absolute atomic E-state index is 6.01. The van der Waals surface area contributed by atoms with E-state index >= 15 is 0 Å². The molecule has 2 rings (SSSR count). The number of aryl methyl sites for hydroxylation is 1. The molecule has 1 atom stereocenters. The molecule has 0 bridgehead atoms. The maximum atomic E-state index is 6.01. The Balaban J connectivity index is 2.00. The van der Waals surface area contributed by atoms with Gasteiger partial charge in [-0.2, -0.15) is 5.10 Å². The predicted molar refractivity (Wildman–Crippen MR) is 58.6 cm³/mol. The van der Waals surface area contributed by atoms with E-state index in [-0.39, 0.29) is 5.38 Å². The van der Waals surface area contributed by atoms with Crippen molar-refractivity contribution in [3.63, 3.8) is 0 Å². The molecule has 3 heteroatoms. The van der Waals surface area contributed by atoms with E-state index < -0.39 is 0 Å². The quantitative estimate of drug-likeness (QED) is 0.554. The first-order valence-electron chi connectivity index (χ1n) is 5.13. The van der Waals surface area contributed by atoms with Crippen LogP contribution in [0.4, 0.5) is 0 Å². The summed E-state index contributed by atoms with van der Waals surface area (Å²) in [4.78, 5) is 0. The number of halogens is 1. The van der Waals surface area contributed by atoms with Crippen LogP contribution in [0, 0.1) is 0 Å². The fraction of sp³-hybridized carbons (Fsp3) is 0.545. The van der Waals surface area contributed by atoms with Crippen LogP contribution in [-0.4, -0.2) is 15.2 Å². The molecule has 0 N–H and O–H groups in total. The van der Waals surface area contributed by atoms with E-state index in [2.05, 4.69) is 24.3 Å². The zero-order valence-electron chi connectivity index (χ0n) is 8.41. The number of nitrogens with zero attached hydrogens (tertiary/aromatic N) is 2. The molecule has 1 aliphatic carbocycles. The molecule has 0 radical (unpaired) electrons. The van der Waals surface area contributed by atoms with E-state index in [1.54, 1.807) is 0 Å². The van der Waals surface area contributed by atoms with Crippen LogP contribution < -0.4 is 0 Å². The molecule has 1 aliphatic rings. The van der Waals surface area contributed by atoms with Crippen molar-refractivity contribution in [1.82, 2.24) is 9.78 Å². The van der Waals surface area contributed by atoms with Crippen LogP contribution in [0.3, 0.4) is 0 Å². The molecule has 0 saturated carbocycles. The fourth-order valence-electron chi connectivity index (χ4n) is 1.83. The van der Waals surface area contributed by atoms with E-state index in [9.17, 15) is 0 Å². The summed E-state index contributed by atoms with van der Waals surface area (Å²) in [6, 6.07) is 0. The first-order valence-corrected chi connectivity index (χ1v) is 5.56. The van der Waals surface area contributed by atoms with Gasteiger partial charge in [0.25, 0.3) is 0 Å². The maximum Gasteiger partial charge on any atom is 0.0525 e.